The molecule has 0 atom stereocenters. The number of aliphatic hydroxyl groups is 1. The molecule has 2 aromatic carbocycles. The number of hydrogen-bond acceptors (Lipinski definition) is 5. The van der Waals surface area contributed by atoms with Crippen molar-refractivity contribution in [1.82, 2.24) is 9.73 Å². The number of carbonyl (C=O) groups excluding carboxylic acids is 1. The Morgan fingerprint density at radius 1 is 1.12 bits per heavy atom. The summed E-state index contributed by atoms with van der Waals surface area (Å²) < 4.78 is 25.8. The molecule has 7 nitrogen and oxygen atoms in total. The normalized spacial score (nSPS) is 16.0. The number of likely N-dealkylation sites (N-methyl/N-ethyl adjacent to an activating group) is 1. The first-order valence-corrected chi connectivity index (χ1v) is 8.77. The van der Waals surface area contributed by atoms with Crippen molar-refractivity contribution >= 4 is 27.9 Å². The van der Waals surface area contributed by atoms with Crippen LogP contribution < -0.4 is 5.43 Å². The minimum atomic E-state index is -3.92. The molecule has 0 radical (unpaired) electrons. The maximum absolute atomic E-state index is 12.5. The van der Waals surface area contributed by atoms with Gasteiger partial charge in [-0.1, -0.05) is 42.5 Å². The van der Waals surface area contributed by atoms with Gasteiger partial charge >= 0.3 is 0 Å². The van der Waals surface area contributed by atoms with Crippen molar-refractivity contribution in [3.05, 3.63) is 71.4 Å². The van der Waals surface area contributed by atoms with Gasteiger partial charge in [-0.15, -0.1) is 0 Å². The highest BCUT2D eigenvalue weighted by molar-refractivity contribution is 7.89. The molecular weight excluding hydrogens is 342 g/mol. The maximum atomic E-state index is 12.5. The summed E-state index contributed by atoms with van der Waals surface area (Å²) >= 11 is 0. The maximum Gasteiger partial charge on any atom is 0.292 e. The molecule has 0 aromatic heterocycles. The largest absolute Gasteiger partial charge is 0.505 e. The summed E-state index contributed by atoms with van der Waals surface area (Å²) in [5.74, 6) is -1.24. The van der Waals surface area contributed by atoms with Crippen molar-refractivity contribution in [2.24, 2.45) is 5.10 Å². The molecule has 1 aliphatic rings. The van der Waals surface area contributed by atoms with Gasteiger partial charge in [-0.3, -0.25) is 9.10 Å². The number of nitrogens with one attached hydrogen (secondary N) is 1. The monoisotopic (exact) mass is 357 g/mol. The molecule has 1 aliphatic heterocycles. The van der Waals surface area contributed by atoms with Crippen molar-refractivity contribution < 1.29 is 18.3 Å². The van der Waals surface area contributed by atoms with Crippen LogP contribution in [0.2, 0.25) is 0 Å². The first-order valence-electron chi connectivity index (χ1n) is 7.33. The lowest BCUT2D eigenvalue weighted by Gasteiger charge is -2.27. The zero-order chi connectivity index (χ0) is 18.0. The molecule has 2 aromatic rings. The Morgan fingerprint density at radius 2 is 1.76 bits per heavy atom. The Hall–Kier alpha value is -3.13. The summed E-state index contributed by atoms with van der Waals surface area (Å²) in [6.07, 6.45) is 1.42. The quantitative estimate of drug-likeness (QED) is 0.645. The molecule has 8 heteroatoms. The molecule has 0 fully saturated rings. The number of carbonyl (C=O) groups is 1. The van der Waals surface area contributed by atoms with Gasteiger partial charge in [-0.25, -0.2) is 13.8 Å². The fraction of sp³-hybridized carbons (Fsp3) is 0.0588. The number of amides is 1. The van der Waals surface area contributed by atoms with Crippen LogP contribution in [-0.2, 0) is 14.8 Å². The van der Waals surface area contributed by atoms with E-state index in [9.17, 15) is 18.3 Å². The number of nitrogens with zero attached hydrogens (tertiary/aromatic N) is 2. The second-order valence-electron chi connectivity index (χ2n) is 5.28. The van der Waals surface area contributed by atoms with E-state index in [2.05, 4.69) is 10.5 Å². The van der Waals surface area contributed by atoms with Gasteiger partial charge in [0, 0.05) is 12.6 Å². The van der Waals surface area contributed by atoms with Crippen LogP contribution in [-0.4, -0.2) is 37.0 Å². The van der Waals surface area contributed by atoms with Crippen molar-refractivity contribution in [3.63, 3.8) is 0 Å². The van der Waals surface area contributed by atoms with Crippen LogP contribution in [0.3, 0.4) is 0 Å². The average molecular weight is 357 g/mol. The highest BCUT2D eigenvalue weighted by atomic mass is 32.2. The number of sulfonamides is 1. The van der Waals surface area contributed by atoms with E-state index in [1.54, 1.807) is 24.3 Å². The standard InChI is InChI=1S/C17H15N3O4S/c1-20-15(17(22)19-18-11-12-7-3-2-4-8-12)16(21)13-9-5-6-10-14(13)25(20,23)24/h2-11,21H,1H3,(H,19,22)/b18-11+. The highest BCUT2D eigenvalue weighted by Crippen LogP contribution is 2.34. The van der Waals surface area contributed by atoms with Crippen molar-refractivity contribution in [3.8, 4) is 0 Å². The summed E-state index contributed by atoms with van der Waals surface area (Å²) in [6.45, 7) is 0. The number of hydrazone groups is 1. The number of rotatable bonds is 3. The smallest absolute Gasteiger partial charge is 0.292 e. The molecule has 0 saturated heterocycles. The van der Waals surface area contributed by atoms with Crippen LogP contribution in [0.25, 0.3) is 5.76 Å². The second-order valence-corrected chi connectivity index (χ2v) is 7.21. The van der Waals surface area contributed by atoms with Gasteiger partial charge in [0.2, 0.25) is 0 Å². The summed E-state index contributed by atoms with van der Waals surface area (Å²) in [5.41, 5.74) is 2.69. The molecule has 1 amide bonds. The highest BCUT2D eigenvalue weighted by Gasteiger charge is 2.37. The Balaban J connectivity index is 1.93. The van der Waals surface area contributed by atoms with Gasteiger partial charge in [0.25, 0.3) is 15.9 Å². The summed E-state index contributed by atoms with van der Waals surface area (Å²) in [6, 6.07) is 15.0. The molecule has 3 rings (SSSR count). The second kappa shape index (κ2) is 6.40. The third-order valence-electron chi connectivity index (χ3n) is 3.71. The zero-order valence-corrected chi connectivity index (χ0v) is 14.1. The van der Waals surface area contributed by atoms with E-state index >= 15 is 0 Å². The van der Waals surface area contributed by atoms with Crippen LogP contribution in [0, 0.1) is 0 Å². The summed E-state index contributed by atoms with van der Waals surface area (Å²) in [4.78, 5) is 12.3. The summed E-state index contributed by atoms with van der Waals surface area (Å²) in [7, 11) is -2.72. The molecule has 0 unspecified atom stereocenters. The Kier molecular flexibility index (Phi) is 4.28. The van der Waals surface area contributed by atoms with Crippen molar-refractivity contribution in [1.29, 1.82) is 0 Å². The fourth-order valence-corrected chi connectivity index (χ4v) is 3.84. The van der Waals surface area contributed by atoms with Gasteiger partial charge in [0.05, 0.1) is 11.1 Å². The zero-order valence-electron chi connectivity index (χ0n) is 13.2. The molecule has 25 heavy (non-hydrogen) atoms. The average Bonchev–Trinajstić information content (AvgIpc) is 2.61. The summed E-state index contributed by atoms with van der Waals surface area (Å²) in [5, 5.41) is 14.2. The van der Waals surface area contributed by atoms with E-state index in [4.69, 9.17) is 0 Å². The minimum absolute atomic E-state index is 0.0562. The van der Waals surface area contributed by atoms with Crippen LogP contribution in [0.15, 0.2) is 70.3 Å². The van der Waals surface area contributed by atoms with Gasteiger partial charge in [0.1, 0.15) is 0 Å². The lowest BCUT2D eigenvalue weighted by atomic mass is 10.1. The van der Waals surface area contributed by atoms with Crippen LogP contribution in [0.5, 0.6) is 0 Å². The SMILES string of the molecule is CN1C(C(=O)N/N=C/c2ccccc2)=C(O)c2ccccc2S1(=O)=O. The Morgan fingerprint density at radius 3 is 2.48 bits per heavy atom. The molecule has 0 aliphatic carbocycles. The Labute approximate surface area is 145 Å². The predicted octanol–water partition coefficient (Wildman–Crippen LogP) is 1.70. The Bertz CT molecular complexity index is 982. The van der Waals surface area contributed by atoms with Crippen LogP contribution >= 0.6 is 0 Å². The number of aliphatic hydroxyl groups excluding tert-OH is 1. The van der Waals surface area contributed by atoms with Crippen molar-refractivity contribution in [2.45, 2.75) is 4.90 Å². The molecule has 0 saturated carbocycles. The number of fused-ring (bicyclic) bond motifs is 1. The van der Waals surface area contributed by atoms with E-state index < -0.39 is 21.7 Å². The van der Waals surface area contributed by atoms with Gasteiger partial charge in [-0.2, -0.15) is 5.10 Å². The lowest BCUT2D eigenvalue weighted by Crippen LogP contribution is -2.38. The van der Waals surface area contributed by atoms with Gasteiger partial charge in [0.15, 0.2) is 11.5 Å². The van der Waals surface area contributed by atoms with Gasteiger partial charge in [-0.05, 0) is 17.7 Å². The molecule has 128 valence electrons. The third-order valence-corrected chi connectivity index (χ3v) is 5.53. The van der Waals surface area contributed by atoms with E-state index in [-0.39, 0.29) is 16.2 Å². The topological polar surface area (TPSA) is 99.1 Å². The molecular formula is C17H15N3O4S. The van der Waals surface area contributed by atoms with E-state index in [0.29, 0.717) is 0 Å². The first kappa shape index (κ1) is 16.7. The van der Waals surface area contributed by atoms with E-state index in [0.717, 1.165) is 9.87 Å². The third kappa shape index (κ3) is 2.99. The fourth-order valence-electron chi connectivity index (χ4n) is 2.44. The minimum Gasteiger partial charge on any atom is -0.505 e. The van der Waals surface area contributed by atoms with Crippen molar-refractivity contribution in [2.75, 3.05) is 7.05 Å². The number of hydrogen-bond donors (Lipinski definition) is 2. The molecule has 2 N–H and O–H groups in total. The van der Waals surface area contributed by atoms with Gasteiger partial charge < -0.3 is 5.11 Å². The predicted molar refractivity (Wildman–Crippen MR) is 93.1 cm³/mol. The lowest BCUT2D eigenvalue weighted by molar-refractivity contribution is -0.118. The first-order chi connectivity index (χ1) is 11.9. The molecule has 1 heterocycles. The number of benzene rings is 2. The van der Waals surface area contributed by atoms with Crippen LogP contribution in [0.4, 0.5) is 0 Å². The van der Waals surface area contributed by atoms with Crippen LogP contribution in [0.1, 0.15) is 11.1 Å². The van der Waals surface area contributed by atoms with E-state index in [1.165, 1.54) is 25.4 Å². The molecule has 0 spiro atoms. The molecule has 0 bridgehead atoms. The van der Waals surface area contributed by atoms with E-state index in [1.807, 2.05) is 18.2 Å².